The third-order valence-corrected chi connectivity index (χ3v) is 1.98. The maximum absolute atomic E-state index is 9.40. The number of nitrogens with zero attached hydrogens (tertiary/aromatic N) is 1. The first-order valence-corrected chi connectivity index (χ1v) is 3.95. The first-order valence-electron chi connectivity index (χ1n) is 3.95. The molecule has 4 heteroatoms. The van der Waals surface area contributed by atoms with Crippen LogP contribution in [-0.4, -0.2) is 28.7 Å². The average molecular weight is 179 g/mol. The highest BCUT2D eigenvalue weighted by Crippen LogP contribution is 2.24. The Labute approximate surface area is 75.1 Å². The number of aliphatic hydroxyl groups is 1. The highest BCUT2D eigenvalue weighted by Gasteiger charge is 2.24. The molecule has 0 spiro atoms. The van der Waals surface area contributed by atoms with E-state index in [1.807, 2.05) is 6.07 Å². The molecule has 0 aliphatic carbocycles. The molecule has 1 aromatic carbocycles. The third kappa shape index (κ3) is 1.25. The van der Waals surface area contributed by atoms with Gasteiger partial charge in [0.15, 0.2) is 0 Å². The third-order valence-electron chi connectivity index (χ3n) is 1.98. The van der Waals surface area contributed by atoms with E-state index in [1.165, 1.54) is 0 Å². The highest BCUT2D eigenvalue weighted by molar-refractivity contribution is 6.06. The Morgan fingerprint density at radius 3 is 2.92 bits per heavy atom. The maximum Gasteiger partial charge on any atom is 0.134 e. The molecule has 4 nitrogen and oxygen atoms in total. The molecule has 1 unspecified atom stereocenters. The predicted molar refractivity (Wildman–Crippen MR) is 46.3 cm³/mol. The van der Waals surface area contributed by atoms with Crippen molar-refractivity contribution in [2.24, 2.45) is 5.16 Å². The first-order chi connectivity index (χ1) is 6.33. The van der Waals surface area contributed by atoms with E-state index in [0.717, 1.165) is 0 Å². The summed E-state index contributed by atoms with van der Waals surface area (Å²) >= 11 is 0. The van der Waals surface area contributed by atoms with Crippen LogP contribution in [0.25, 0.3) is 0 Å². The molecule has 0 aromatic heterocycles. The minimum absolute atomic E-state index is 0.135. The molecule has 0 saturated heterocycles. The number of hydrogen-bond acceptors (Lipinski definition) is 4. The van der Waals surface area contributed by atoms with Gasteiger partial charge >= 0.3 is 0 Å². The van der Waals surface area contributed by atoms with Crippen LogP contribution in [0.5, 0.6) is 5.75 Å². The molecule has 0 fully saturated rings. The van der Waals surface area contributed by atoms with Crippen molar-refractivity contribution in [1.29, 1.82) is 0 Å². The molecule has 2 rings (SSSR count). The van der Waals surface area contributed by atoms with Crippen LogP contribution < -0.4 is 4.74 Å². The van der Waals surface area contributed by atoms with Crippen molar-refractivity contribution in [3.05, 3.63) is 29.8 Å². The van der Waals surface area contributed by atoms with Gasteiger partial charge in [0.05, 0.1) is 0 Å². The van der Waals surface area contributed by atoms with Crippen molar-refractivity contribution < 1.29 is 15.1 Å². The summed E-state index contributed by atoms with van der Waals surface area (Å²) in [6, 6.07) is 7.14. The number of rotatable bonds is 0. The van der Waals surface area contributed by atoms with E-state index in [4.69, 9.17) is 9.94 Å². The predicted octanol–water partition coefficient (Wildman–Crippen LogP) is 0.618. The number of hydrogen-bond donors (Lipinski definition) is 2. The van der Waals surface area contributed by atoms with Gasteiger partial charge in [-0.15, -0.1) is 0 Å². The highest BCUT2D eigenvalue weighted by atomic mass is 16.5. The second-order valence-electron chi connectivity index (χ2n) is 2.81. The largest absolute Gasteiger partial charge is 0.490 e. The van der Waals surface area contributed by atoms with Gasteiger partial charge in [-0.2, -0.15) is 0 Å². The van der Waals surface area contributed by atoms with Crippen LogP contribution in [0.1, 0.15) is 5.56 Å². The lowest BCUT2D eigenvalue weighted by Crippen LogP contribution is -2.33. The molecule has 1 aliphatic rings. The Kier molecular flexibility index (Phi) is 1.90. The fraction of sp³-hybridized carbons (Fsp3) is 0.222. The Bertz CT molecular complexity index is 348. The van der Waals surface area contributed by atoms with Gasteiger partial charge < -0.3 is 15.1 Å². The zero-order chi connectivity index (χ0) is 9.26. The maximum atomic E-state index is 9.40. The Hall–Kier alpha value is -1.55. The number of aliphatic hydroxyl groups excluding tert-OH is 1. The standard InChI is InChI=1S/C9H9NO3/c11-7-5-13-8-4-2-1-3-6(8)9(7)10-12/h1-4,7,11-12H,5H2/b10-9-. The quantitative estimate of drug-likeness (QED) is 0.453. The van der Waals surface area contributed by atoms with Crippen LogP contribution in [0.4, 0.5) is 0 Å². The number of fused-ring (bicyclic) bond motifs is 1. The molecule has 1 atom stereocenters. The van der Waals surface area contributed by atoms with E-state index in [9.17, 15) is 5.11 Å². The van der Waals surface area contributed by atoms with Gasteiger partial charge in [0.25, 0.3) is 0 Å². The topological polar surface area (TPSA) is 62.1 Å². The van der Waals surface area contributed by atoms with Crippen LogP contribution in [-0.2, 0) is 0 Å². The lowest BCUT2D eigenvalue weighted by atomic mass is 10.0. The van der Waals surface area contributed by atoms with E-state index in [1.54, 1.807) is 18.2 Å². The zero-order valence-electron chi connectivity index (χ0n) is 6.84. The van der Waals surface area contributed by atoms with E-state index >= 15 is 0 Å². The second kappa shape index (κ2) is 3.06. The Morgan fingerprint density at radius 1 is 1.38 bits per heavy atom. The fourth-order valence-corrected chi connectivity index (χ4v) is 1.35. The molecule has 0 saturated carbocycles. The number of benzene rings is 1. The van der Waals surface area contributed by atoms with E-state index in [2.05, 4.69) is 5.16 Å². The summed E-state index contributed by atoms with van der Waals surface area (Å²) in [7, 11) is 0. The smallest absolute Gasteiger partial charge is 0.134 e. The van der Waals surface area contributed by atoms with E-state index < -0.39 is 6.10 Å². The molecule has 1 aromatic rings. The van der Waals surface area contributed by atoms with Gasteiger partial charge in [-0.25, -0.2) is 0 Å². The zero-order valence-corrected chi connectivity index (χ0v) is 6.84. The van der Waals surface area contributed by atoms with Crippen LogP contribution >= 0.6 is 0 Å². The average Bonchev–Trinajstić information content (AvgIpc) is 2.18. The summed E-state index contributed by atoms with van der Waals surface area (Å²) in [6.07, 6.45) is -0.847. The van der Waals surface area contributed by atoms with Crippen molar-refractivity contribution >= 4 is 5.71 Å². The van der Waals surface area contributed by atoms with Crippen molar-refractivity contribution in [2.75, 3.05) is 6.61 Å². The first kappa shape index (κ1) is 8.07. The molecule has 68 valence electrons. The number of oxime groups is 1. The molecule has 1 heterocycles. The van der Waals surface area contributed by atoms with Crippen LogP contribution in [0.3, 0.4) is 0 Å². The molecule has 0 radical (unpaired) electrons. The number of ether oxygens (including phenoxy) is 1. The summed E-state index contributed by atoms with van der Waals surface area (Å²) in [5, 5.41) is 21.1. The summed E-state index contributed by atoms with van der Waals surface area (Å²) in [5.74, 6) is 0.639. The summed E-state index contributed by atoms with van der Waals surface area (Å²) < 4.78 is 5.23. The molecule has 13 heavy (non-hydrogen) atoms. The van der Waals surface area contributed by atoms with E-state index in [0.29, 0.717) is 11.3 Å². The second-order valence-corrected chi connectivity index (χ2v) is 2.81. The van der Waals surface area contributed by atoms with Gasteiger partial charge in [0.1, 0.15) is 24.2 Å². The lowest BCUT2D eigenvalue weighted by Gasteiger charge is -2.22. The molecular weight excluding hydrogens is 170 g/mol. The Morgan fingerprint density at radius 2 is 2.15 bits per heavy atom. The normalized spacial score (nSPS) is 23.8. The van der Waals surface area contributed by atoms with E-state index in [-0.39, 0.29) is 12.3 Å². The van der Waals surface area contributed by atoms with Crippen molar-refractivity contribution in [2.45, 2.75) is 6.10 Å². The van der Waals surface area contributed by atoms with Gasteiger partial charge in [-0.1, -0.05) is 17.3 Å². The minimum atomic E-state index is -0.847. The summed E-state index contributed by atoms with van der Waals surface area (Å²) in [4.78, 5) is 0. The van der Waals surface area contributed by atoms with Gasteiger partial charge in [0.2, 0.25) is 0 Å². The monoisotopic (exact) mass is 179 g/mol. The van der Waals surface area contributed by atoms with Gasteiger partial charge in [-0.05, 0) is 12.1 Å². The minimum Gasteiger partial charge on any atom is -0.490 e. The van der Waals surface area contributed by atoms with Crippen LogP contribution in [0.2, 0.25) is 0 Å². The fourth-order valence-electron chi connectivity index (χ4n) is 1.35. The van der Waals surface area contributed by atoms with Crippen LogP contribution in [0, 0.1) is 0 Å². The van der Waals surface area contributed by atoms with Crippen molar-refractivity contribution in [3.8, 4) is 5.75 Å². The SMILES string of the molecule is O/N=C1/c2ccccc2OCC1O. The lowest BCUT2D eigenvalue weighted by molar-refractivity contribution is 0.146. The molecule has 1 aliphatic heterocycles. The van der Waals surface area contributed by atoms with Crippen molar-refractivity contribution in [3.63, 3.8) is 0 Å². The Balaban J connectivity index is 2.52. The molecule has 2 N–H and O–H groups in total. The van der Waals surface area contributed by atoms with Gasteiger partial charge in [-0.3, -0.25) is 0 Å². The molecular formula is C9H9NO3. The summed E-state index contributed by atoms with van der Waals surface area (Å²) in [5.41, 5.74) is 0.908. The number of para-hydroxylation sites is 1. The van der Waals surface area contributed by atoms with Crippen LogP contribution in [0.15, 0.2) is 29.4 Å². The summed E-state index contributed by atoms with van der Waals surface area (Å²) in [6.45, 7) is 0.135. The van der Waals surface area contributed by atoms with Gasteiger partial charge in [0, 0.05) is 5.56 Å². The molecule has 0 amide bonds. The van der Waals surface area contributed by atoms with Crippen molar-refractivity contribution in [1.82, 2.24) is 0 Å². The molecule has 0 bridgehead atoms.